The van der Waals surface area contributed by atoms with Crippen molar-refractivity contribution in [3.05, 3.63) is 53.6 Å². The zero-order valence-corrected chi connectivity index (χ0v) is 15.0. The van der Waals surface area contributed by atoms with Gasteiger partial charge >= 0.3 is 0 Å². The van der Waals surface area contributed by atoms with E-state index in [2.05, 4.69) is 4.72 Å². The summed E-state index contributed by atoms with van der Waals surface area (Å²) in [5, 5.41) is 0. The predicted molar refractivity (Wildman–Crippen MR) is 97.2 cm³/mol. The van der Waals surface area contributed by atoms with Gasteiger partial charge in [0.2, 0.25) is 10.0 Å². The molecule has 5 nitrogen and oxygen atoms in total. The van der Waals surface area contributed by atoms with Crippen molar-refractivity contribution in [3.8, 4) is 5.75 Å². The number of hydrogen-bond acceptors (Lipinski definition) is 4. The highest BCUT2D eigenvalue weighted by Crippen LogP contribution is 2.30. The van der Waals surface area contributed by atoms with E-state index < -0.39 is 10.0 Å². The zero-order chi connectivity index (χ0) is 16.4. The molecule has 3 rings (SSSR count). The normalized spacial score (nSPS) is 16.1. The molecule has 0 aromatic heterocycles. The number of anilines is 1. The first-order chi connectivity index (χ1) is 10.9. The Hall–Kier alpha value is -1.76. The van der Waals surface area contributed by atoms with E-state index in [0.29, 0.717) is 18.7 Å². The molecule has 0 aliphatic carbocycles. The molecule has 0 fully saturated rings. The van der Waals surface area contributed by atoms with Crippen LogP contribution < -0.4 is 15.2 Å². The summed E-state index contributed by atoms with van der Waals surface area (Å²) in [6, 6.07) is 12.4. The number of hydrogen-bond donors (Lipinski definition) is 2. The Morgan fingerprint density at radius 3 is 2.62 bits per heavy atom. The summed E-state index contributed by atoms with van der Waals surface area (Å²) in [6.07, 6.45) is 1.45. The summed E-state index contributed by atoms with van der Waals surface area (Å²) in [4.78, 5) is 0.284. The number of halogens is 1. The maximum Gasteiger partial charge on any atom is 0.240 e. The molecule has 2 aromatic rings. The van der Waals surface area contributed by atoms with E-state index in [9.17, 15) is 8.42 Å². The summed E-state index contributed by atoms with van der Waals surface area (Å²) in [5.74, 6) is 0.776. The molecule has 130 valence electrons. The van der Waals surface area contributed by atoms with E-state index in [-0.39, 0.29) is 23.4 Å². The number of sulfonamides is 1. The summed E-state index contributed by atoms with van der Waals surface area (Å²) in [7, 11) is -3.51. The van der Waals surface area contributed by atoms with Crippen LogP contribution in [0.1, 0.15) is 18.1 Å². The summed E-state index contributed by atoms with van der Waals surface area (Å²) in [6.45, 7) is 2.31. The van der Waals surface area contributed by atoms with Crippen LogP contribution in [0.15, 0.2) is 47.4 Å². The average molecular weight is 369 g/mol. The van der Waals surface area contributed by atoms with Gasteiger partial charge in [0.25, 0.3) is 0 Å². The number of nitrogens with one attached hydrogen (secondary N) is 1. The Balaban J connectivity index is 0.00000208. The summed E-state index contributed by atoms with van der Waals surface area (Å²) < 4.78 is 33.0. The van der Waals surface area contributed by atoms with Gasteiger partial charge in [-0.1, -0.05) is 12.1 Å². The van der Waals surface area contributed by atoms with Crippen molar-refractivity contribution in [1.82, 2.24) is 4.72 Å². The lowest BCUT2D eigenvalue weighted by Crippen LogP contribution is -2.26. The summed E-state index contributed by atoms with van der Waals surface area (Å²) in [5.41, 5.74) is 8.31. The molecule has 0 saturated heterocycles. The number of fused-ring (bicyclic) bond motifs is 1. The third kappa shape index (κ3) is 4.20. The van der Waals surface area contributed by atoms with Gasteiger partial charge in [0.15, 0.2) is 0 Å². The first-order valence-electron chi connectivity index (χ1n) is 7.58. The SMILES string of the molecule is CC1Cc2cc(S(=O)(=O)NCCc3ccc(N)cc3)ccc2O1.Cl. The number of ether oxygens (including phenoxy) is 1. The molecule has 1 aliphatic rings. The molecule has 0 bridgehead atoms. The van der Waals surface area contributed by atoms with Crippen LogP contribution in [0.3, 0.4) is 0 Å². The molecule has 1 aliphatic heterocycles. The van der Waals surface area contributed by atoms with E-state index in [1.807, 2.05) is 31.2 Å². The molecular formula is C17H21ClN2O3S. The van der Waals surface area contributed by atoms with Crippen molar-refractivity contribution >= 4 is 28.1 Å². The Morgan fingerprint density at radius 1 is 1.21 bits per heavy atom. The van der Waals surface area contributed by atoms with Crippen LogP contribution in [0.4, 0.5) is 5.69 Å². The fourth-order valence-corrected chi connectivity index (χ4v) is 3.74. The maximum absolute atomic E-state index is 12.4. The number of nitrogen functional groups attached to an aromatic ring is 1. The van der Waals surface area contributed by atoms with Gasteiger partial charge < -0.3 is 10.5 Å². The van der Waals surface area contributed by atoms with Crippen LogP contribution in [-0.4, -0.2) is 21.1 Å². The van der Waals surface area contributed by atoms with Crippen molar-refractivity contribution in [2.75, 3.05) is 12.3 Å². The molecule has 7 heteroatoms. The summed E-state index contributed by atoms with van der Waals surface area (Å²) >= 11 is 0. The van der Waals surface area contributed by atoms with Gasteiger partial charge in [-0.3, -0.25) is 0 Å². The highest BCUT2D eigenvalue weighted by Gasteiger charge is 2.22. The predicted octanol–water partition coefficient (Wildman–Crippen LogP) is 2.54. The van der Waals surface area contributed by atoms with Crippen molar-refractivity contribution in [1.29, 1.82) is 0 Å². The third-order valence-corrected chi connectivity index (χ3v) is 5.32. The first-order valence-corrected chi connectivity index (χ1v) is 9.06. The number of rotatable bonds is 5. The fourth-order valence-electron chi connectivity index (χ4n) is 2.66. The van der Waals surface area contributed by atoms with Gasteiger partial charge in [0.05, 0.1) is 4.90 Å². The molecule has 0 radical (unpaired) electrons. The molecule has 2 aromatic carbocycles. The second-order valence-electron chi connectivity index (χ2n) is 5.79. The van der Waals surface area contributed by atoms with Crippen molar-refractivity contribution in [2.45, 2.75) is 30.8 Å². The van der Waals surface area contributed by atoms with Crippen LogP contribution >= 0.6 is 12.4 Å². The van der Waals surface area contributed by atoms with Crippen molar-refractivity contribution in [3.63, 3.8) is 0 Å². The quantitative estimate of drug-likeness (QED) is 0.794. The molecule has 24 heavy (non-hydrogen) atoms. The van der Waals surface area contributed by atoms with Gasteiger partial charge in [0, 0.05) is 18.7 Å². The Morgan fingerprint density at radius 2 is 1.92 bits per heavy atom. The Kier molecular flexibility index (Phi) is 5.74. The van der Waals surface area contributed by atoms with Crippen LogP contribution in [0.2, 0.25) is 0 Å². The largest absolute Gasteiger partial charge is 0.490 e. The van der Waals surface area contributed by atoms with E-state index in [1.54, 1.807) is 18.2 Å². The molecule has 1 unspecified atom stereocenters. The molecule has 1 atom stereocenters. The maximum atomic E-state index is 12.4. The molecular weight excluding hydrogens is 348 g/mol. The average Bonchev–Trinajstić information content (AvgIpc) is 2.88. The minimum Gasteiger partial charge on any atom is -0.490 e. The highest BCUT2D eigenvalue weighted by molar-refractivity contribution is 7.89. The van der Waals surface area contributed by atoms with Gasteiger partial charge in [-0.15, -0.1) is 12.4 Å². The van der Waals surface area contributed by atoms with Gasteiger partial charge in [-0.2, -0.15) is 0 Å². The third-order valence-electron chi connectivity index (χ3n) is 3.86. The minimum atomic E-state index is -3.51. The second-order valence-corrected chi connectivity index (χ2v) is 7.56. The van der Waals surface area contributed by atoms with E-state index >= 15 is 0 Å². The first kappa shape index (κ1) is 18.6. The molecule has 3 N–H and O–H groups in total. The molecule has 0 spiro atoms. The Labute approximate surface area is 148 Å². The molecule has 1 heterocycles. The smallest absolute Gasteiger partial charge is 0.240 e. The molecule has 0 amide bonds. The monoisotopic (exact) mass is 368 g/mol. The van der Waals surface area contributed by atoms with Gasteiger partial charge in [0.1, 0.15) is 11.9 Å². The minimum absolute atomic E-state index is 0. The van der Waals surface area contributed by atoms with Gasteiger partial charge in [-0.25, -0.2) is 13.1 Å². The van der Waals surface area contributed by atoms with Crippen molar-refractivity contribution < 1.29 is 13.2 Å². The van der Waals surface area contributed by atoms with E-state index in [1.165, 1.54) is 0 Å². The number of benzene rings is 2. The lowest BCUT2D eigenvalue weighted by Gasteiger charge is -2.08. The van der Waals surface area contributed by atoms with Crippen LogP contribution in [0.5, 0.6) is 5.75 Å². The number of nitrogens with two attached hydrogens (primary N) is 1. The lowest BCUT2D eigenvalue weighted by molar-refractivity contribution is 0.254. The second kappa shape index (κ2) is 7.42. The van der Waals surface area contributed by atoms with E-state index in [4.69, 9.17) is 10.5 Å². The van der Waals surface area contributed by atoms with Crippen molar-refractivity contribution in [2.24, 2.45) is 0 Å². The fraction of sp³-hybridized carbons (Fsp3) is 0.294. The standard InChI is InChI=1S/C17H20N2O3S.ClH/c1-12-10-14-11-16(6-7-17(14)22-12)23(20,21)19-9-8-13-2-4-15(18)5-3-13;/h2-7,11-12,19H,8-10,18H2,1H3;1H. The van der Waals surface area contributed by atoms with Crippen LogP contribution in [0.25, 0.3) is 0 Å². The van der Waals surface area contributed by atoms with E-state index in [0.717, 1.165) is 23.3 Å². The van der Waals surface area contributed by atoms with Crippen LogP contribution in [0, 0.1) is 0 Å². The Bertz CT molecular complexity index is 807. The van der Waals surface area contributed by atoms with Crippen LogP contribution in [-0.2, 0) is 22.9 Å². The molecule has 0 saturated carbocycles. The lowest BCUT2D eigenvalue weighted by atomic mass is 10.1. The topological polar surface area (TPSA) is 81.4 Å². The highest BCUT2D eigenvalue weighted by atomic mass is 35.5. The zero-order valence-electron chi connectivity index (χ0n) is 13.4. The van der Waals surface area contributed by atoms with Gasteiger partial charge in [-0.05, 0) is 54.8 Å².